The number of benzene rings is 1. The Morgan fingerprint density at radius 3 is 2.28 bits per heavy atom. The molecule has 0 heterocycles. The van der Waals surface area contributed by atoms with Gasteiger partial charge in [-0.15, -0.1) is 0 Å². The average Bonchev–Trinajstić information content (AvgIpc) is 2.44. The molecule has 0 saturated heterocycles. The van der Waals surface area contributed by atoms with Crippen molar-refractivity contribution in [2.24, 2.45) is 0 Å². The first kappa shape index (κ1) is 20.4. The average molecular weight is 354 g/mol. The van der Waals surface area contributed by atoms with Crippen LogP contribution in [0.15, 0.2) is 24.3 Å². The Hall–Kier alpha value is -2.68. The third-order valence-corrected chi connectivity index (χ3v) is 3.15. The second-order valence-electron chi connectivity index (χ2n) is 6.55. The van der Waals surface area contributed by atoms with E-state index in [9.17, 15) is 24.8 Å². The van der Waals surface area contributed by atoms with Gasteiger partial charge in [0, 0.05) is 12.1 Å². The zero-order chi connectivity index (χ0) is 19.2. The molecule has 9 heteroatoms. The van der Waals surface area contributed by atoms with Gasteiger partial charge in [-0.3, -0.25) is 14.9 Å². The van der Waals surface area contributed by atoms with Gasteiger partial charge >= 0.3 is 12.1 Å². The molecule has 0 aromatic heterocycles. The number of carbonyl (C=O) groups excluding carboxylic acids is 1. The summed E-state index contributed by atoms with van der Waals surface area (Å²) >= 11 is 0. The summed E-state index contributed by atoms with van der Waals surface area (Å²) in [5.74, 6) is -1.22. The van der Waals surface area contributed by atoms with Crippen LogP contribution in [0.3, 0.4) is 0 Å². The molecule has 2 atom stereocenters. The monoisotopic (exact) mass is 354 g/mol. The molecule has 1 aromatic rings. The summed E-state index contributed by atoms with van der Waals surface area (Å²) in [6.45, 7) is 5.02. The second kappa shape index (κ2) is 8.43. The quantitative estimate of drug-likeness (QED) is 0.501. The summed E-state index contributed by atoms with van der Waals surface area (Å²) < 4.78 is 5.11. The van der Waals surface area contributed by atoms with Gasteiger partial charge in [-0.25, -0.2) is 4.79 Å². The van der Waals surface area contributed by atoms with Crippen LogP contribution in [0, 0.1) is 10.1 Å². The molecule has 3 N–H and O–H groups in total. The van der Waals surface area contributed by atoms with Crippen LogP contribution in [0.1, 0.15) is 32.8 Å². The van der Waals surface area contributed by atoms with Gasteiger partial charge in [-0.2, -0.15) is 0 Å². The minimum absolute atomic E-state index is 0.0890. The van der Waals surface area contributed by atoms with Crippen molar-refractivity contribution in [1.82, 2.24) is 5.32 Å². The fraction of sp³-hybridized carbons (Fsp3) is 0.500. The molecule has 25 heavy (non-hydrogen) atoms. The highest BCUT2D eigenvalue weighted by Gasteiger charge is 2.26. The molecule has 0 aliphatic rings. The fourth-order valence-electron chi connectivity index (χ4n) is 2.07. The van der Waals surface area contributed by atoms with Gasteiger partial charge in [-0.05, 0) is 32.8 Å². The van der Waals surface area contributed by atoms with Crippen molar-refractivity contribution in [2.45, 2.75) is 51.4 Å². The number of non-ortho nitro benzene ring substituents is 1. The summed E-state index contributed by atoms with van der Waals surface area (Å²) in [5, 5.41) is 32.0. The molecule has 1 amide bonds. The standard InChI is InChI=1S/C16H22N2O7/c1-16(2,3)25-15(22)17-12(13(19)9-14(20)21)8-10-4-6-11(7-5-10)18(23)24/h4-7,12-13,19H,8-9H2,1-3H3,(H,17,22)(H,20,21)/t12-,13+/m0/s1. The number of carboxylic acids is 1. The minimum atomic E-state index is -1.35. The number of hydrogen-bond acceptors (Lipinski definition) is 6. The molecule has 1 rings (SSSR count). The van der Waals surface area contributed by atoms with Crippen molar-refractivity contribution in [3.63, 3.8) is 0 Å². The molecule has 0 aliphatic heterocycles. The van der Waals surface area contributed by atoms with E-state index in [0.29, 0.717) is 5.56 Å². The third-order valence-electron chi connectivity index (χ3n) is 3.15. The van der Waals surface area contributed by atoms with Crippen LogP contribution in [-0.4, -0.2) is 44.9 Å². The number of hydrogen-bond donors (Lipinski definition) is 3. The number of nitro groups is 1. The number of alkyl carbamates (subject to hydrolysis) is 1. The van der Waals surface area contributed by atoms with E-state index in [2.05, 4.69) is 5.32 Å². The van der Waals surface area contributed by atoms with Gasteiger partial charge in [0.05, 0.1) is 23.5 Å². The Labute approximate surface area is 144 Å². The Bertz CT molecular complexity index is 622. The number of nitro benzene ring substituents is 1. The van der Waals surface area contributed by atoms with Crippen molar-refractivity contribution in [3.05, 3.63) is 39.9 Å². The Balaban J connectivity index is 2.88. The maximum Gasteiger partial charge on any atom is 0.407 e. The van der Waals surface area contributed by atoms with E-state index in [0.717, 1.165) is 0 Å². The zero-order valence-electron chi connectivity index (χ0n) is 14.3. The highest BCUT2D eigenvalue weighted by molar-refractivity contribution is 5.69. The maximum atomic E-state index is 11.9. The smallest absolute Gasteiger partial charge is 0.407 e. The number of carbonyl (C=O) groups is 2. The number of nitrogens with zero attached hydrogens (tertiary/aromatic N) is 1. The van der Waals surface area contributed by atoms with Gasteiger partial charge < -0.3 is 20.3 Å². The number of aliphatic hydroxyl groups is 1. The summed E-state index contributed by atoms with van der Waals surface area (Å²) in [6.07, 6.45) is -2.61. The first-order valence-corrected chi connectivity index (χ1v) is 7.60. The lowest BCUT2D eigenvalue weighted by Gasteiger charge is -2.26. The van der Waals surface area contributed by atoms with Gasteiger partial charge in [0.25, 0.3) is 5.69 Å². The highest BCUT2D eigenvalue weighted by atomic mass is 16.6. The fourth-order valence-corrected chi connectivity index (χ4v) is 2.07. The van der Waals surface area contributed by atoms with Crippen molar-refractivity contribution in [1.29, 1.82) is 0 Å². The minimum Gasteiger partial charge on any atom is -0.481 e. The van der Waals surface area contributed by atoms with E-state index < -0.39 is 41.2 Å². The van der Waals surface area contributed by atoms with Crippen LogP contribution in [0.25, 0.3) is 0 Å². The van der Waals surface area contributed by atoms with E-state index in [1.807, 2.05) is 0 Å². The number of carboxylic acid groups (broad SMARTS) is 1. The Morgan fingerprint density at radius 1 is 1.28 bits per heavy atom. The number of amides is 1. The summed E-state index contributed by atoms with van der Waals surface area (Å²) in [7, 11) is 0. The molecule has 1 aromatic carbocycles. The molecule has 0 bridgehead atoms. The van der Waals surface area contributed by atoms with Crippen LogP contribution in [0.5, 0.6) is 0 Å². The molecular weight excluding hydrogens is 332 g/mol. The lowest BCUT2D eigenvalue weighted by atomic mass is 9.99. The third kappa shape index (κ3) is 7.62. The predicted octanol–water partition coefficient (Wildman–Crippen LogP) is 1.87. The van der Waals surface area contributed by atoms with Crippen molar-refractivity contribution in [2.75, 3.05) is 0 Å². The SMILES string of the molecule is CC(C)(C)OC(=O)N[C@@H](Cc1ccc([N+](=O)[O-])cc1)[C@H](O)CC(=O)O. The van der Waals surface area contributed by atoms with Gasteiger partial charge in [-0.1, -0.05) is 12.1 Å². The number of ether oxygens (including phenoxy) is 1. The van der Waals surface area contributed by atoms with E-state index in [1.54, 1.807) is 20.8 Å². The van der Waals surface area contributed by atoms with Gasteiger partial charge in [0.15, 0.2) is 0 Å². The lowest BCUT2D eigenvalue weighted by molar-refractivity contribution is -0.384. The normalized spacial score (nSPS) is 13.6. The van der Waals surface area contributed by atoms with Gasteiger partial charge in [0.1, 0.15) is 5.60 Å². The van der Waals surface area contributed by atoms with E-state index in [4.69, 9.17) is 9.84 Å². The summed E-state index contributed by atoms with van der Waals surface area (Å²) in [4.78, 5) is 32.9. The molecule has 0 aliphatic carbocycles. The molecule has 0 radical (unpaired) electrons. The number of aliphatic carboxylic acids is 1. The molecule has 0 fully saturated rings. The molecular formula is C16H22N2O7. The first-order chi connectivity index (χ1) is 11.5. The van der Waals surface area contributed by atoms with Crippen LogP contribution >= 0.6 is 0 Å². The zero-order valence-corrected chi connectivity index (χ0v) is 14.3. The van der Waals surface area contributed by atoms with E-state index in [-0.39, 0.29) is 12.1 Å². The predicted molar refractivity (Wildman–Crippen MR) is 88.2 cm³/mol. The lowest BCUT2D eigenvalue weighted by Crippen LogP contribution is -2.47. The number of rotatable bonds is 7. The topological polar surface area (TPSA) is 139 Å². The molecule has 0 saturated carbocycles. The number of nitrogens with one attached hydrogen (secondary N) is 1. The largest absolute Gasteiger partial charge is 0.481 e. The van der Waals surface area contributed by atoms with Crippen LogP contribution in [0.2, 0.25) is 0 Å². The second-order valence-corrected chi connectivity index (χ2v) is 6.55. The van der Waals surface area contributed by atoms with Gasteiger partial charge in [0.2, 0.25) is 0 Å². The van der Waals surface area contributed by atoms with Crippen molar-refractivity contribution < 1.29 is 29.5 Å². The molecule has 9 nitrogen and oxygen atoms in total. The first-order valence-electron chi connectivity index (χ1n) is 7.60. The van der Waals surface area contributed by atoms with Crippen LogP contribution in [-0.2, 0) is 16.0 Å². The van der Waals surface area contributed by atoms with E-state index in [1.165, 1.54) is 24.3 Å². The van der Waals surface area contributed by atoms with E-state index >= 15 is 0 Å². The number of aliphatic hydroxyl groups excluding tert-OH is 1. The summed E-state index contributed by atoms with van der Waals surface area (Å²) in [5.41, 5.74) is -0.248. The maximum absolute atomic E-state index is 11.9. The van der Waals surface area contributed by atoms with Crippen LogP contribution in [0.4, 0.5) is 10.5 Å². The highest BCUT2D eigenvalue weighted by Crippen LogP contribution is 2.15. The molecule has 0 unspecified atom stereocenters. The Morgan fingerprint density at radius 2 is 1.84 bits per heavy atom. The van der Waals surface area contributed by atoms with Crippen molar-refractivity contribution >= 4 is 17.7 Å². The molecule has 0 spiro atoms. The van der Waals surface area contributed by atoms with Crippen LogP contribution < -0.4 is 5.32 Å². The molecule has 138 valence electrons. The Kier molecular flexibility index (Phi) is 6.86. The van der Waals surface area contributed by atoms with Crippen molar-refractivity contribution in [3.8, 4) is 0 Å². The summed E-state index contributed by atoms with van der Waals surface area (Å²) in [6, 6.07) is 4.63.